The van der Waals surface area contributed by atoms with E-state index < -0.39 is 0 Å². The van der Waals surface area contributed by atoms with Crippen molar-refractivity contribution in [1.29, 1.82) is 0 Å². The Bertz CT molecular complexity index is 27.2. The van der Waals surface area contributed by atoms with Crippen molar-refractivity contribution >= 4 is 49.6 Å². The van der Waals surface area contributed by atoms with Crippen LogP contribution in [0, 0.1) is 0 Å². The molecule has 6 heteroatoms. The van der Waals surface area contributed by atoms with E-state index in [1.54, 1.807) is 0 Å². The lowest BCUT2D eigenvalue weighted by atomic mass is 10.3. The second kappa shape index (κ2) is 32.2. The molecule has 0 amide bonds. The molecule has 0 aromatic heterocycles. The van der Waals surface area contributed by atoms with E-state index in [1.165, 1.54) is 0 Å². The van der Waals surface area contributed by atoms with Crippen LogP contribution in [0.2, 0.25) is 0 Å². The van der Waals surface area contributed by atoms with Crippen LogP contribution in [0.5, 0.6) is 0 Å². The van der Waals surface area contributed by atoms with Crippen LogP contribution in [0.15, 0.2) is 0 Å². The summed E-state index contributed by atoms with van der Waals surface area (Å²) < 4.78 is 0. The van der Waals surface area contributed by atoms with Crippen molar-refractivity contribution in [2.75, 3.05) is 13.1 Å². The predicted molar refractivity (Wildman–Crippen MR) is 56.3 cm³/mol. The number of nitrogens with two attached hydrogens (primary N) is 2. The SMILES string of the molecule is Cl.Cl.Cl.Cl.NCCCCN. The fourth-order valence-corrected chi connectivity index (χ4v) is 0.289. The Hall–Kier alpha value is 1.08. The summed E-state index contributed by atoms with van der Waals surface area (Å²) in [5.74, 6) is 0. The molecule has 0 aromatic carbocycles. The van der Waals surface area contributed by atoms with Gasteiger partial charge in [0.15, 0.2) is 0 Å². The maximum atomic E-state index is 5.16. The van der Waals surface area contributed by atoms with Crippen LogP contribution in [0.3, 0.4) is 0 Å². The summed E-state index contributed by atoms with van der Waals surface area (Å²) in [5, 5.41) is 0. The molecule has 0 heterocycles. The van der Waals surface area contributed by atoms with Crippen LogP contribution in [-0.2, 0) is 0 Å². The second-order valence-corrected chi connectivity index (χ2v) is 1.28. The van der Waals surface area contributed by atoms with Gasteiger partial charge in [-0.25, -0.2) is 0 Å². The topological polar surface area (TPSA) is 52.0 Å². The summed E-state index contributed by atoms with van der Waals surface area (Å²) in [6, 6.07) is 0. The summed E-state index contributed by atoms with van der Waals surface area (Å²) in [4.78, 5) is 0. The van der Waals surface area contributed by atoms with E-state index in [2.05, 4.69) is 0 Å². The van der Waals surface area contributed by atoms with Gasteiger partial charge in [0, 0.05) is 0 Å². The molecule has 0 fully saturated rings. The van der Waals surface area contributed by atoms with E-state index >= 15 is 0 Å². The van der Waals surface area contributed by atoms with Crippen molar-refractivity contribution in [1.82, 2.24) is 0 Å². The Morgan fingerprint density at radius 1 is 0.600 bits per heavy atom. The highest BCUT2D eigenvalue weighted by molar-refractivity contribution is 5.86. The van der Waals surface area contributed by atoms with Gasteiger partial charge >= 0.3 is 0 Å². The Balaban J connectivity index is -0.0000000208. The smallest absolute Gasteiger partial charge is 0.00768 e. The summed E-state index contributed by atoms with van der Waals surface area (Å²) in [7, 11) is 0. The molecule has 0 aliphatic heterocycles. The maximum Gasteiger partial charge on any atom is -0.00768 e. The summed E-state index contributed by atoms with van der Waals surface area (Å²) >= 11 is 0. The molecule has 0 saturated carbocycles. The molecule has 2 nitrogen and oxygen atoms in total. The third kappa shape index (κ3) is 35.6. The minimum atomic E-state index is 0. The summed E-state index contributed by atoms with van der Waals surface area (Å²) in [5.41, 5.74) is 10.3. The van der Waals surface area contributed by atoms with E-state index in [0.717, 1.165) is 25.9 Å². The molecule has 0 unspecified atom stereocenters. The van der Waals surface area contributed by atoms with Gasteiger partial charge in [0.1, 0.15) is 0 Å². The fourth-order valence-electron chi connectivity index (χ4n) is 0.289. The zero-order chi connectivity index (χ0) is 4.83. The van der Waals surface area contributed by atoms with E-state index in [9.17, 15) is 0 Å². The van der Waals surface area contributed by atoms with Crippen molar-refractivity contribution < 1.29 is 0 Å². The highest BCUT2D eigenvalue weighted by Gasteiger charge is 1.75. The molecule has 0 atom stereocenters. The third-order valence-corrected chi connectivity index (χ3v) is 0.658. The molecule has 0 aromatic rings. The first kappa shape index (κ1) is 30.5. The van der Waals surface area contributed by atoms with Gasteiger partial charge in [-0.05, 0) is 25.9 Å². The number of unbranched alkanes of at least 4 members (excludes halogenated alkanes) is 1. The molecule has 10 heavy (non-hydrogen) atoms. The zero-order valence-electron chi connectivity index (χ0n) is 5.62. The number of hydrogen-bond acceptors (Lipinski definition) is 2. The largest absolute Gasteiger partial charge is 0.330 e. The molecule has 0 radical (unpaired) electrons. The lowest BCUT2D eigenvalue weighted by Crippen LogP contribution is -2.03. The minimum Gasteiger partial charge on any atom is -0.330 e. The average Bonchev–Trinajstić information content (AvgIpc) is 1.61. The van der Waals surface area contributed by atoms with Gasteiger partial charge in [0.05, 0.1) is 0 Å². The highest BCUT2D eigenvalue weighted by Crippen LogP contribution is 1.77. The average molecular weight is 234 g/mol. The second-order valence-electron chi connectivity index (χ2n) is 1.28. The van der Waals surface area contributed by atoms with Crippen molar-refractivity contribution in [3.05, 3.63) is 0 Å². The number of rotatable bonds is 3. The van der Waals surface area contributed by atoms with Crippen LogP contribution in [0.1, 0.15) is 12.8 Å². The lowest BCUT2D eigenvalue weighted by Gasteiger charge is -1.87. The van der Waals surface area contributed by atoms with Crippen LogP contribution in [0.4, 0.5) is 0 Å². The zero-order valence-corrected chi connectivity index (χ0v) is 8.88. The van der Waals surface area contributed by atoms with Gasteiger partial charge < -0.3 is 11.5 Å². The predicted octanol–water partition coefficient (Wildman–Crippen LogP) is 1.37. The van der Waals surface area contributed by atoms with Gasteiger partial charge in [-0.15, -0.1) is 49.6 Å². The molecule has 0 bridgehead atoms. The first-order valence-corrected chi connectivity index (χ1v) is 2.32. The molecular weight excluding hydrogens is 218 g/mol. The van der Waals surface area contributed by atoms with Gasteiger partial charge in [-0.2, -0.15) is 0 Å². The highest BCUT2D eigenvalue weighted by atomic mass is 35.5. The number of hydrogen-bond donors (Lipinski definition) is 2. The Morgan fingerprint density at radius 2 is 0.800 bits per heavy atom. The Labute approximate surface area is 87.1 Å². The quantitative estimate of drug-likeness (QED) is 0.724. The maximum absolute atomic E-state index is 5.16. The van der Waals surface area contributed by atoms with E-state index in [-0.39, 0.29) is 49.6 Å². The molecule has 0 rings (SSSR count). The fraction of sp³-hybridized carbons (Fsp3) is 1.00. The summed E-state index contributed by atoms with van der Waals surface area (Å²) in [6.45, 7) is 1.55. The third-order valence-electron chi connectivity index (χ3n) is 0.658. The first-order valence-electron chi connectivity index (χ1n) is 2.32. The Morgan fingerprint density at radius 3 is 0.900 bits per heavy atom. The molecule has 0 aliphatic carbocycles. The van der Waals surface area contributed by atoms with Gasteiger partial charge in [-0.1, -0.05) is 0 Å². The first-order chi connectivity index (χ1) is 2.91. The monoisotopic (exact) mass is 232 g/mol. The molecule has 4 N–H and O–H groups in total. The number of halogens is 4. The van der Waals surface area contributed by atoms with Crippen molar-refractivity contribution in [2.24, 2.45) is 11.5 Å². The molecule has 0 aliphatic rings. The minimum absolute atomic E-state index is 0. The van der Waals surface area contributed by atoms with Crippen LogP contribution in [0.25, 0.3) is 0 Å². The van der Waals surface area contributed by atoms with Gasteiger partial charge in [-0.3, -0.25) is 0 Å². The normalized spacial score (nSPS) is 5.40. The van der Waals surface area contributed by atoms with E-state index in [1.807, 2.05) is 0 Å². The van der Waals surface area contributed by atoms with Crippen molar-refractivity contribution in [3.63, 3.8) is 0 Å². The molecule has 0 saturated heterocycles. The molecule has 70 valence electrons. The van der Waals surface area contributed by atoms with Crippen LogP contribution < -0.4 is 11.5 Å². The van der Waals surface area contributed by atoms with Crippen molar-refractivity contribution in [3.8, 4) is 0 Å². The molecule has 0 spiro atoms. The summed E-state index contributed by atoms with van der Waals surface area (Å²) in [6.07, 6.45) is 2.13. The van der Waals surface area contributed by atoms with Crippen LogP contribution >= 0.6 is 49.6 Å². The Kier molecular flexibility index (Phi) is 98.1. The van der Waals surface area contributed by atoms with E-state index in [4.69, 9.17) is 11.5 Å². The lowest BCUT2D eigenvalue weighted by molar-refractivity contribution is 0.755. The standard InChI is InChI=1S/C4H12N2.4ClH/c5-3-1-2-4-6;;;;/h1-6H2;4*1H. The molecular formula is C4H16Cl4N2. The van der Waals surface area contributed by atoms with Crippen LogP contribution in [-0.4, -0.2) is 13.1 Å². The van der Waals surface area contributed by atoms with Gasteiger partial charge in [0.25, 0.3) is 0 Å². The van der Waals surface area contributed by atoms with Gasteiger partial charge in [0.2, 0.25) is 0 Å². The van der Waals surface area contributed by atoms with E-state index in [0.29, 0.717) is 0 Å². The van der Waals surface area contributed by atoms with Crippen molar-refractivity contribution in [2.45, 2.75) is 12.8 Å².